The number of rotatable bonds is 4. The second-order valence-electron chi connectivity index (χ2n) is 3.82. The zero-order valence-corrected chi connectivity index (χ0v) is 19.1. The maximum absolute atomic E-state index is 12.1. The Labute approximate surface area is 191 Å². The molecule has 0 heterocycles. The van der Waals surface area contributed by atoms with Crippen molar-refractivity contribution in [1.29, 1.82) is 0 Å². The van der Waals surface area contributed by atoms with Crippen LogP contribution in [0.2, 0.25) is 5.02 Å². The minimum Gasteiger partial charge on any atom is -0.258 e. The van der Waals surface area contributed by atoms with E-state index in [4.69, 9.17) is 16.1 Å². The molecule has 1 radical (unpaired) electrons. The van der Waals surface area contributed by atoms with Crippen molar-refractivity contribution in [3.63, 3.8) is 0 Å². The number of halogens is 3. The van der Waals surface area contributed by atoms with Gasteiger partial charge >= 0.3 is 8.03 Å². The van der Waals surface area contributed by atoms with Crippen LogP contribution in [0, 0.1) is 10.1 Å². The van der Waals surface area contributed by atoms with E-state index >= 15 is 0 Å². The molecule has 0 aliphatic carbocycles. The summed E-state index contributed by atoms with van der Waals surface area (Å²) in [7, 11) is -2.18. The van der Waals surface area contributed by atoms with E-state index in [1.165, 1.54) is 12.1 Å². The Morgan fingerprint density at radius 2 is 1.82 bits per heavy atom. The van der Waals surface area contributed by atoms with Crippen molar-refractivity contribution in [3.05, 3.63) is 60.5 Å². The minimum absolute atomic E-state index is 0. The number of nitro groups is 1. The summed E-state index contributed by atoms with van der Waals surface area (Å²) < 4.78 is 19.0. The summed E-state index contributed by atoms with van der Waals surface area (Å²) in [6.45, 7) is 0. The van der Waals surface area contributed by atoms with E-state index in [1.807, 2.05) is 0 Å². The maximum Gasteiger partial charge on any atom is 0.597 e. The minimum atomic E-state index is -2.18. The summed E-state index contributed by atoms with van der Waals surface area (Å²) >= 11 is 12.5. The number of hydrogen-bond donors (Lipinski definition) is 0. The van der Waals surface area contributed by atoms with E-state index in [0.717, 1.165) is 15.0 Å². The Hall–Kier alpha value is 0.626. The molecule has 2 aromatic rings. The maximum atomic E-state index is 12.1. The number of benzene rings is 2. The van der Waals surface area contributed by atoms with Crippen LogP contribution < -0.4 is 9.83 Å². The van der Waals surface area contributed by atoms with Gasteiger partial charge < -0.3 is 0 Å². The standard InChI is InChI=1S/C12H6Br2ClNO4P.K/c13-9-3-2-8(6-10(9)14)21(19)20-12-4-1-7(16(17)18)5-11(12)15;/h1-6H;/q+1;. The van der Waals surface area contributed by atoms with Gasteiger partial charge in [-0.1, -0.05) is 11.6 Å². The van der Waals surface area contributed by atoms with Gasteiger partial charge in [0.15, 0.2) is 0 Å². The van der Waals surface area contributed by atoms with Crippen LogP contribution in [0.3, 0.4) is 0 Å². The second kappa shape index (κ2) is 9.20. The zero-order valence-electron chi connectivity index (χ0n) is 11.1. The summed E-state index contributed by atoms with van der Waals surface area (Å²) in [4.78, 5) is 10.0. The molecule has 0 aliphatic heterocycles. The molecule has 0 aromatic heterocycles. The van der Waals surface area contributed by atoms with Crippen LogP contribution in [0.15, 0.2) is 45.3 Å². The molecule has 10 heteroatoms. The van der Waals surface area contributed by atoms with Crippen molar-refractivity contribution in [2.45, 2.75) is 0 Å². The van der Waals surface area contributed by atoms with E-state index in [1.54, 1.807) is 18.2 Å². The predicted octanol–water partition coefficient (Wildman–Crippen LogP) is 4.84. The topological polar surface area (TPSA) is 69.4 Å². The smallest absolute Gasteiger partial charge is 0.258 e. The molecule has 1 unspecified atom stereocenters. The van der Waals surface area contributed by atoms with Gasteiger partial charge in [-0.3, -0.25) is 10.1 Å². The van der Waals surface area contributed by atoms with Crippen LogP contribution in [-0.2, 0) is 4.57 Å². The van der Waals surface area contributed by atoms with E-state index in [9.17, 15) is 14.7 Å². The SMILES string of the molecule is O=[N+]([O-])c1ccc(O[P+](=O)c2ccc(Br)c(Br)c2)c(Cl)c1.[K]. The third kappa shape index (κ3) is 5.33. The van der Waals surface area contributed by atoms with Crippen molar-refractivity contribution < 1.29 is 14.0 Å². The Morgan fingerprint density at radius 1 is 1.14 bits per heavy atom. The first kappa shape index (κ1) is 20.7. The number of nitro benzene ring substituents is 1. The Kier molecular flexibility index (Phi) is 8.64. The van der Waals surface area contributed by atoms with Gasteiger partial charge in [-0.25, -0.2) is 4.52 Å². The van der Waals surface area contributed by atoms with Gasteiger partial charge in [0.05, 0.1) is 9.95 Å². The van der Waals surface area contributed by atoms with E-state index in [-0.39, 0.29) is 67.8 Å². The number of hydrogen-bond acceptors (Lipinski definition) is 4. The van der Waals surface area contributed by atoms with Gasteiger partial charge in [-0.05, 0) is 54.6 Å². The molecule has 0 N–H and O–H groups in total. The Balaban J connectivity index is 0.00000242. The number of nitrogens with zero attached hydrogens (tertiary/aromatic N) is 1. The average molecular weight is 494 g/mol. The first-order valence-corrected chi connectivity index (χ1v) is 8.57. The summed E-state index contributed by atoms with van der Waals surface area (Å²) in [5.74, 6) is 0.127. The van der Waals surface area contributed by atoms with Crippen molar-refractivity contribution in [2.24, 2.45) is 0 Å². The molecule has 1 atom stereocenters. The molecule has 0 saturated carbocycles. The van der Waals surface area contributed by atoms with Crippen LogP contribution in [-0.4, -0.2) is 56.3 Å². The zero-order chi connectivity index (χ0) is 15.6. The van der Waals surface area contributed by atoms with Crippen molar-refractivity contribution in [2.75, 3.05) is 0 Å². The van der Waals surface area contributed by atoms with E-state index in [0.29, 0.717) is 5.30 Å². The second-order valence-corrected chi connectivity index (χ2v) is 7.15. The normalized spacial score (nSPS) is 10.6. The molecule has 2 aromatic carbocycles. The molecule has 0 amide bonds. The molecule has 0 aliphatic rings. The molecule has 2 rings (SSSR count). The molecule has 0 fully saturated rings. The first-order valence-electron chi connectivity index (χ1n) is 5.42. The fourth-order valence-electron chi connectivity index (χ4n) is 1.42. The van der Waals surface area contributed by atoms with Crippen LogP contribution in [0.1, 0.15) is 0 Å². The number of non-ortho nitro benzene ring substituents is 1. The largest absolute Gasteiger partial charge is 0.597 e. The Bertz CT molecular complexity index is 747. The quantitative estimate of drug-likeness (QED) is 0.265. The van der Waals surface area contributed by atoms with Crippen molar-refractivity contribution in [1.82, 2.24) is 0 Å². The monoisotopic (exact) mass is 491 g/mol. The molecular weight excluding hydrogens is 487 g/mol. The van der Waals surface area contributed by atoms with Crippen LogP contribution in [0.5, 0.6) is 5.75 Å². The molecule has 109 valence electrons. The Morgan fingerprint density at radius 3 is 2.36 bits per heavy atom. The summed E-state index contributed by atoms with van der Waals surface area (Å²) in [5.41, 5.74) is -0.158. The van der Waals surface area contributed by atoms with E-state index < -0.39 is 13.0 Å². The first-order chi connectivity index (χ1) is 9.88. The third-order valence-corrected chi connectivity index (χ3v) is 5.66. The molecule has 0 spiro atoms. The third-order valence-electron chi connectivity index (χ3n) is 2.42. The van der Waals surface area contributed by atoms with Crippen LogP contribution in [0.4, 0.5) is 5.69 Å². The van der Waals surface area contributed by atoms with Crippen molar-refractivity contribution in [3.8, 4) is 5.75 Å². The van der Waals surface area contributed by atoms with Gasteiger partial charge in [0.1, 0.15) is 0 Å². The van der Waals surface area contributed by atoms with Crippen LogP contribution >= 0.6 is 51.5 Å². The predicted molar refractivity (Wildman–Crippen MR) is 93.6 cm³/mol. The van der Waals surface area contributed by atoms with Crippen molar-refractivity contribution >= 4 is 114 Å². The molecular formula is C12H6Br2ClKNO4P+. The van der Waals surface area contributed by atoms with Gasteiger partial charge in [0.2, 0.25) is 11.1 Å². The summed E-state index contributed by atoms with van der Waals surface area (Å²) in [6.07, 6.45) is 0. The fourth-order valence-corrected chi connectivity index (χ4v) is 3.36. The average Bonchev–Trinajstić information content (AvgIpc) is 2.43. The van der Waals surface area contributed by atoms with Crippen LogP contribution in [0.25, 0.3) is 0 Å². The van der Waals surface area contributed by atoms with E-state index in [2.05, 4.69) is 31.9 Å². The molecule has 0 saturated heterocycles. The van der Waals surface area contributed by atoms with Gasteiger partial charge in [0, 0.05) is 78.5 Å². The van der Waals surface area contributed by atoms with Gasteiger partial charge in [-0.15, -0.1) is 0 Å². The fraction of sp³-hybridized carbons (Fsp3) is 0. The molecule has 0 bridgehead atoms. The summed E-state index contributed by atoms with van der Waals surface area (Å²) in [6, 6.07) is 8.74. The van der Waals surface area contributed by atoms with Gasteiger partial charge in [0.25, 0.3) is 5.69 Å². The summed E-state index contributed by atoms with van der Waals surface area (Å²) in [5, 5.41) is 11.1. The molecule has 22 heavy (non-hydrogen) atoms. The molecule has 5 nitrogen and oxygen atoms in total. The van der Waals surface area contributed by atoms with Gasteiger partial charge in [-0.2, -0.15) is 0 Å².